The van der Waals surface area contributed by atoms with Crippen molar-refractivity contribution in [3.05, 3.63) is 96.2 Å². The first kappa shape index (κ1) is 59.9. The summed E-state index contributed by atoms with van der Waals surface area (Å²) in [7, 11) is 2.93. The molecule has 1 aliphatic heterocycles. The SMILES string of the molecule is COC(=O)C1OC(OC(C(C)=CC(C)CCCC=CC(C)CC=CCCCN(C)C(=N)N)C(C)C=C/C=C/C=C/C=CC=C(C)C(=O)NC2C(=O)CCC2=O)C(OC(C)=O)C(OC(C)=O)C1OC(C)=O. The second kappa shape index (κ2) is 31.8. The summed E-state index contributed by atoms with van der Waals surface area (Å²) >= 11 is 0. The fourth-order valence-electron chi connectivity index (χ4n) is 7.62. The van der Waals surface area contributed by atoms with Crippen LogP contribution in [0.2, 0.25) is 0 Å². The standard InChI is InChI=1S/C53H76N4O13/c1-34(25-19-16-17-24-32-57(9)53(54)55)26-20-18-21-27-35(2)33-38(5)45(36(3)28-22-14-12-11-13-15-23-29-37(4)50(63)56-44-42(61)30-31-43(44)62)69-52-49(68-41(8)60)47(67-40(7)59)46(66-39(6)58)48(70-52)51(64)65-10/h11-16,19-20,22-23,26,28-29,33-36,44-49,52H,17-18,21,24-25,27,30-32H2,1-10H3,(H3,54,55)(H,56,63)/b13-11+,14-12+,19-16?,23-15?,26-20?,28-22?,37-29?,38-33?. The molecule has 0 spiro atoms. The second-order valence-corrected chi connectivity index (χ2v) is 17.7. The van der Waals surface area contributed by atoms with Crippen molar-refractivity contribution < 1.29 is 62.0 Å². The van der Waals surface area contributed by atoms with Crippen molar-refractivity contribution in [3.8, 4) is 0 Å². The molecule has 0 aromatic rings. The largest absolute Gasteiger partial charge is 0.467 e. The van der Waals surface area contributed by atoms with Crippen LogP contribution in [0, 0.1) is 23.2 Å². The molecule has 9 atom stereocenters. The van der Waals surface area contributed by atoms with Crippen LogP contribution >= 0.6 is 0 Å². The van der Waals surface area contributed by atoms with Gasteiger partial charge in [0.25, 0.3) is 0 Å². The Hall–Kier alpha value is -6.20. The number of rotatable bonds is 27. The number of carbonyl (C=O) groups excluding carboxylic acids is 7. The third-order valence-electron chi connectivity index (χ3n) is 11.4. The van der Waals surface area contributed by atoms with Crippen LogP contribution in [0.5, 0.6) is 0 Å². The average molecular weight is 977 g/mol. The molecule has 1 saturated carbocycles. The van der Waals surface area contributed by atoms with E-state index in [1.807, 2.05) is 33.0 Å². The van der Waals surface area contributed by atoms with Crippen LogP contribution in [-0.4, -0.2) is 116 Å². The van der Waals surface area contributed by atoms with Crippen LogP contribution in [0.4, 0.5) is 0 Å². The minimum atomic E-state index is -1.61. The van der Waals surface area contributed by atoms with E-state index in [0.29, 0.717) is 11.5 Å². The number of esters is 4. The summed E-state index contributed by atoms with van der Waals surface area (Å²) in [6.45, 7) is 13.8. The highest BCUT2D eigenvalue weighted by molar-refractivity contribution is 6.15. The highest BCUT2D eigenvalue weighted by Gasteiger charge is 2.56. The Labute approximate surface area is 413 Å². The lowest BCUT2D eigenvalue weighted by molar-refractivity contribution is -0.309. The van der Waals surface area contributed by atoms with Crippen LogP contribution in [0.3, 0.4) is 0 Å². The Morgan fingerprint density at radius 2 is 1.34 bits per heavy atom. The molecule has 1 heterocycles. The molecule has 4 N–H and O–H groups in total. The molecule has 17 nitrogen and oxygen atoms in total. The quantitative estimate of drug-likeness (QED) is 0.00884. The molecular weight excluding hydrogens is 901 g/mol. The van der Waals surface area contributed by atoms with E-state index in [9.17, 15) is 33.6 Å². The molecule has 9 unspecified atom stereocenters. The minimum Gasteiger partial charge on any atom is -0.467 e. The molecule has 0 radical (unpaired) electrons. The van der Waals surface area contributed by atoms with E-state index in [0.717, 1.165) is 78.5 Å². The van der Waals surface area contributed by atoms with Crippen molar-refractivity contribution in [3.63, 3.8) is 0 Å². The van der Waals surface area contributed by atoms with Crippen LogP contribution in [0.15, 0.2) is 96.2 Å². The summed E-state index contributed by atoms with van der Waals surface area (Å²) in [5, 5.41) is 9.95. The fourth-order valence-corrected chi connectivity index (χ4v) is 7.62. The monoisotopic (exact) mass is 977 g/mol. The Balaban J connectivity index is 2.30. The van der Waals surface area contributed by atoms with E-state index in [1.54, 1.807) is 54.4 Å². The molecule has 2 aliphatic rings. The third kappa shape index (κ3) is 22.0. The zero-order valence-corrected chi connectivity index (χ0v) is 42.6. The lowest BCUT2D eigenvalue weighted by atomic mass is 9.92. The Kier molecular flexibility index (Phi) is 27.3. The number of nitrogens with one attached hydrogen (secondary N) is 2. The smallest absolute Gasteiger partial charge is 0.339 e. The lowest BCUT2D eigenvalue weighted by Crippen LogP contribution is -2.64. The van der Waals surface area contributed by atoms with Gasteiger partial charge in [0.1, 0.15) is 6.04 Å². The van der Waals surface area contributed by atoms with Crippen LogP contribution in [-0.2, 0) is 62.0 Å². The van der Waals surface area contributed by atoms with Crippen molar-refractivity contribution in [1.82, 2.24) is 10.2 Å². The number of amides is 1. The van der Waals surface area contributed by atoms with Gasteiger partial charge in [-0.15, -0.1) is 0 Å². The summed E-state index contributed by atoms with van der Waals surface area (Å²) in [6, 6.07) is -1.08. The average Bonchev–Trinajstić information content (AvgIpc) is 3.61. The molecule has 1 aliphatic carbocycles. The van der Waals surface area contributed by atoms with Crippen molar-refractivity contribution in [2.24, 2.45) is 23.5 Å². The first-order valence-electron chi connectivity index (χ1n) is 23.8. The van der Waals surface area contributed by atoms with E-state index >= 15 is 0 Å². The highest BCUT2D eigenvalue weighted by atomic mass is 16.7. The van der Waals surface area contributed by atoms with Gasteiger partial charge in [0.15, 0.2) is 41.9 Å². The maximum absolute atomic E-state index is 13.1. The molecule has 17 heteroatoms. The molecule has 1 amide bonds. The number of methoxy groups -OCH3 is 1. The van der Waals surface area contributed by atoms with Gasteiger partial charge in [-0.25, -0.2) is 4.79 Å². The third-order valence-corrected chi connectivity index (χ3v) is 11.4. The van der Waals surface area contributed by atoms with Gasteiger partial charge in [-0.3, -0.25) is 34.2 Å². The Morgan fingerprint density at radius 3 is 1.94 bits per heavy atom. The van der Waals surface area contributed by atoms with E-state index in [1.165, 1.54) is 0 Å². The molecule has 0 bridgehead atoms. The summed E-state index contributed by atoms with van der Waals surface area (Å²) in [5.41, 5.74) is 6.65. The van der Waals surface area contributed by atoms with Gasteiger partial charge in [0, 0.05) is 58.7 Å². The summed E-state index contributed by atoms with van der Waals surface area (Å²) < 4.78 is 34.4. The van der Waals surface area contributed by atoms with E-state index in [2.05, 4.69) is 49.5 Å². The fraction of sp³-hybridized carbons (Fsp3) is 0.547. The normalized spacial score (nSPS) is 22.3. The molecule has 70 heavy (non-hydrogen) atoms. The van der Waals surface area contributed by atoms with Crippen molar-refractivity contribution >= 4 is 47.3 Å². The number of ketones is 2. The number of hydrogen-bond donors (Lipinski definition) is 3. The number of nitrogens with zero attached hydrogens (tertiary/aromatic N) is 1. The molecule has 2 rings (SSSR count). The predicted octanol–water partition coefficient (Wildman–Crippen LogP) is 6.79. The Bertz CT molecular complexity index is 2030. The number of Topliss-reactive ketones (excluding diaryl/α,β-unsaturated/α-hetero) is 2. The molecule has 386 valence electrons. The van der Waals surface area contributed by atoms with Gasteiger partial charge < -0.3 is 44.4 Å². The first-order valence-corrected chi connectivity index (χ1v) is 23.8. The zero-order valence-electron chi connectivity index (χ0n) is 42.6. The molecular formula is C53H76N4O13. The molecule has 1 saturated heterocycles. The number of guanidine groups is 1. The number of hydrogen-bond acceptors (Lipinski definition) is 14. The Morgan fingerprint density at radius 1 is 0.771 bits per heavy atom. The zero-order chi connectivity index (χ0) is 52.3. The number of nitrogens with two attached hydrogens (primary N) is 1. The van der Waals surface area contributed by atoms with Crippen LogP contribution in [0.25, 0.3) is 0 Å². The van der Waals surface area contributed by atoms with Gasteiger partial charge >= 0.3 is 23.9 Å². The number of ether oxygens (including phenoxy) is 6. The second-order valence-electron chi connectivity index (χ2n) is 17.7. The van der Waals surface area contributed by atoms with Gasteiger partial charge in [-0.2, -0.15) is 0 Å². The van der Waals surface area contributed by atoms with E-state index in [4.69, 9.17) is 39.6 Å². The van der Waals surface area contributed by atoms with Gasteiger partial charge in [-0.1, -0.05) is 106 Å². The van der Waals surface area contributed by atoms with Gasteiger partial charge in [-0.05, 0) is 69.8 Å². The number of carbonyl (C=O) groups is 7. The van der Waals surface area contributed by atoms with Crippen LogP contribution < -0.4 is 11.1 Å². The summed E-state index contributed by atoms with van der Waals surface area (Å²) in [6.07, 6.45) is 24.1. The maximum atomic E-state index is 13.1. The van der Waals surface area contributed by atoms with E-state index in [-0.39, 0.29) is 42.2 Å². The summed E-state index contributed by atoms with van der Waals surface area (Å²) in [5.74, 6) is -4.16. The molecule has 2 fully saturated rings. The predicted molar refractivity (Wildman–Crippen MR) is 265 cm³/mol. The number of allylic oxidation sites excluding steroid dienone is 13. The van der Waals surface area contributed by atoms with E-state index < -0.39 is 72.6 Å². The van der Waals surface area contributed by atoms with Crippen molar-refractivity contribution in [2.45, 2.75) is 150 Å². The van der Waals surface area contributed by atoms with Gasteiger partial charge in [0.05, 0.1) is 13.2 Å². The van der Waals surface area contributed by atoms with Gasteiger partial charge in [0.2, 0.25) is 12.2 Å². The number of unbranched alkanes of at least 4 members (excludes halogenated alkanes) is 2. The lowest BCUT2D eigenvalue weighted by Gasteiger charge is -2.44. The van der Waals surface area contributed by atoms with Crippen LogP contribution in [0.1, 0.15) is 107 Å². The van der Waals surface area contributed by atoms with Crippen molar-refractivity contribution in [1.29, 1.82) is 5.41 Å². The summed E-state index contributed by atoms with van der Waals surface area (Å²) in [4.78, 5) is 88.3. The van der Waals surface area contributed by atoms with Crippen molar-refractivity contribution in [2.75, 3.05) is 20.7 Å². The minimum absolute atomic E-state index is 0.0713. The topological polar surface area (TPSA) is 240 Å². The molecule has 0 aromatic heterocycles. The first-order chi connectivity index (χ1) is 33.2. The molecule has 0 aromatic carbocycles. The highest BCUT2D eigenvalue weighted by Crippen LogP contribution is 2.33. The maximum Gasteiger partial charge on any atom is 0.339 e.